The molecule has 2 N–H and O–H groups in total. The van der Waals surface area contributed by atoms with E-state index in [0.717, 1.165) is 12.1 Å². The summed E-state index contributed by atoms with van der Waals surface area (Å²) in [7, 11) is 0. The summed E-state index contributed by atoms with van der Waals surface area (Å²) in [4.78, 5) is 0. The van der Waals surface area contributed by atoms with E-state index < -0.39 is 0 Å². The van der Waals surface area contributed by atoms with Crippen LogP contribution in [0.4, 0.5) is 5.69 Å². The van der Waals surface area contributed by atoms with Crippen molar-refractivity contribution in [3.8, 4) is 0 Å². The molecule has 1 aromatic rings. The van der Waals surface area contributed by atoms with Crippen LogP contribution >= 0.6 is 0 Å². The third kappa shape index (κ3) is 3.92. The van der Waals surface area contributed by atoms with Crippen molar-refractivity contribution in [1.29, 1.82) is 0 Å². The Kier molecular flexibility index (Phi) is 4.63. The van der Waals surface area contributed by atoms with E-state index in [0.29, 0.717) is 12.0 Å². The highest BCUT2D eigenvalue weighted by Gasteiger charge is 2.05. The van der Waals surface area contributed by atoms with Gasteiger partial charge in [0.2, 0.25) is 0 Å². The fourth-order valence-electron chi connectivity index (χ4n) is 1.33. The van der Waals surface area contributed by atoms with Gasteiger partial charge in [0.15, 0.2) is 0 Å². The summed E-state index contributed by atoms with van der Waals surface area (Å²) >= 11 is 0. The fourth-order valence-corrected chi connectivity index (χ4v) is 1.33. The van der Waals surface area contributed by atoms with Gasteiger partial charge in [0.05, 0.1) is 0 Å². The molecule has 0 saturated carbocycles. The molecular formula is C13H21NO. The number of rotatable bonds is 5. The quantitative estimate of drug-likeness (QED) is 0.778. The molecule has 1 atom stereocenters. The van der Waals surface area contributed by atoms with Gasteiger partial charge >= 0.3 is 0 Å². The minimum Gasteiger partial charge on any atom is -0.396 e. The highest BCUT2D eigenvalue weighted by molar-refractivity contribution is 5.45. The van der Waals surface area contributed by atoms with Gasteiger partial charge in [0.25, 0.3) is 0 Å². The first-order valence-corrected chi connectivity index (χ1v) is 5.60. The molecule has 0 amide bonds. The molecule has 0 aliphatic carbocycles. The van der Waals surface area contributed by atoms with Crippen LogP contribution < -0.4 is 5.32 Å². The standard InChI is InChI=1S/C13H21NO/c1-10(2)11(3)14-13-6-4-12(5-7-13)8-9-15/h4-7,10-11,14-15H,8-9H2,1-3H3/t11-/m1/s1. The monoisotopic (exact) mass is 207 g/mol. The molecule has 15 heavy (non-hydrogen) atoms. The van der Waals surface area contributed by atoms with Crippen molar-refractivity contribution in [3.05, 3.63) is 29.8 Å². The molecule has 84 valence electrons. The molecule has 2 heteroatoms. The summed E-state index contributed by atoms with van der Waals surface area (Å²) in [5.74, 6) is 0.627. The normalized spacial score (nSPS) is 12.9. The SMILES string of the molecule is CC(C)[C@@H](C)Nc1ccc(CCO)cc1. The van der Waals surface area contributed by atoms with E-state index in [1.807, 2.05) is 0 Å². The molecule has 1 aromatic carbocycles. The Morgan fingerprint density at radius 1 is 1.13 bits per heavy atom. The van der Waals surface area contributed by atoms with Crippen molar-refractivity contribution in [1.82, 2.24) is 0 Å². The lowest BCUT2D eigenvalue weighted by molar-refractivity contribution is 0.299. The first-order valence-electron chi connectivity index (χ1n) is 5.60. The van der Waals surface area contributed by atoms with E-state index in [9.17, 15) is 0 Å². The van der Waals surface area contributed by atoms with Crippen LogP contribution in [-0.4, -0.2) is 17.8 Å². The van der Waals surface area contributed by atoms with Crippen molar-refractivity contribution in [2.24, 2.45) is 5.92 Å². The van der Waals surface area contributed by atoms with E-state index in [1.54, 1.807) is 0 Å². The third-order valence-electron chi connectivity index (χ3n) is 2.75. The molecule has 0 fully saturated rings. The van der Waals surface area contributed by atoms with Crippen molar-refractivity contribution in [2.45, 2.75) is 33.2 Å². The highest BCUT2D eigenvalue weighted by Crippen LogP contribution is 2.13. The van der Waals surface area contributed by atoms with Crippen molar-refractivity contribution < 1.29 is 5.11 Å². The van der Waals surface area contributed by atoms with Gasteiger partial charge in [0.1, 0.15) is 0 Å². The smallest absolute Gasteiger partial charge is 0.0471 e. The van der Waals surface area contributed by atoms with E-state index in [1.165, 1.54) is 5.56 Å². The van der Waals surface area contributed by atoms with Gasteiger partial charge in [-0.1, -0.05) is 26.0 Å². The molecular weight excluding hydrogens is 186 g/mol. The highest BCUT2D eigenvalue weighted by atomic mass is 16.2. The maximum atomic E-state index is 8.79. The summed E-state index contributed by atoms with van der Waals surface area (Å²) in [6.45, 7) is 6.82. The average molecular weight is 207 g/mol. The summed E-state index contributed by atoms with van der Waals surface area (Å²) < 4.78 is 0. The zero-order chi connectivity index (χ0) is 11.3. The second kappa shape index (κ2) is 5.76. The summed E-state index contributed by atoms with van der Waals surface area (Å²) in [5, 5.41) is 12.2. The van der Waals surface area contributed by atoms with Crippen LogP contribution in [0.3, 0.4) is 0 Å². The van der Waals surface area contributed by atoms with Crippen LogP contribution in [0, 0.1) is 5.92 Å². The van der Waals surface area contributed by atoms with Gasteiger partial charge in [-0.2, -0.15) is 0 Å². The minimum absolute atomic E-state index is 0.217. The number of hydrogen-bond acceptors (Lipinski definition) is 2. The maximum absolute atomic E-state index is 8.79. The number of aliphatic hydroxyl groups excluding tert-OH is 1. The van der Waals surface area contributed by atoms with Gasteiger partial charge in [-0.05, 0) is 37.0 Å². The van der Waals surface area contributed by atoms with E-state index in [-0.39, 0.29) is 6.61 Å². The van der Waals surface area contributed by atoms with Gasteiger partial charge in [-0.3, -0.25) is 0 Å². The molecule has 2 nitrogen and oxygen atoms in total. The zero-order valence-electron chi connectivity index (χ0n) is 9.83. The summed E-state index contributed by atoms with van der Waals surface area (Å²) in [5.41, 5.74) is 2.33. The Morgan fingerprint density at radius 2 is 1.73 bits per heavy atom. The molecule has 0 unspecified atom stereocenters. The molecule has 0 radical (unpaired) electrons. The van der Waals surface area contributed by atoms with Gasteiger partial charge in [-0.25, -0.2) is 0 Å². The minimum atomic E-state index is 0.217. The Labute approximate surface area is 92.3 Å². The molecule has 0 saturated heterocycles. The van der Waals surface area contributed by atoms with Crippen molar-refractivity contribution in [2.75, 3.05) is 11.9 Å². The van der Waals surface area contributed by atoms with Crippen LogP contribution in [0.5, 0.6) is 0 Å². The van der Waals surface area contributed by atoms with Crippen LogP contribution in [0.1, 0.15) is 26.3 Å². The van der Waals surface area contributed by atoms with Crippen LogP contribution in [0.25, 0.3) is 0 Å². The molecule has 1 rings (SSSR count). The molecule has 0 aliphatic rings. The lowest BCUT2D eigenvalue weighted by Gasteiger charge is -2.18. The van der Waals surface area contributed by atoms with Gasteiger partial charge < -0.3 is 10.4 Å². The lowest BCUT2D eigenvalue weighted by Crippen LogP contribution is -2.21. The Bertz CT molecular complexity index is 279. The maximum Gasteiger partial charge on any atom is 0.0471 e. The Balaban J connectivity index is 2.56. The second-order valence-corrected chi connectivity index (χ2v) is 4.35. The van der Waals surface area contributed by atoms with Gasteiger partial charge in [0, 0.05) is 18.3 Å². The Hall–Kier alpha value is -1.02. The number of benzene rings is 1. The summed E-state index contributed by atoms with van der Waals surface area (Å²) in [6.07, 6.45) is 0.736. The molecule has 0 aromatic heterocycles. The van der Waals surface area contributed by atoms with Crippen LogP contribution in [-0.2, 0) is 6.42 Å². The van der Waals surface area contributed by atoms with Crippen molar-refractivity contribution in [3.63, 3.8) is 0 Å². The topological polar surface area (TPSA) is 32.3 Å². The largest absolute Gasteiger partial charge is 0.396 e. The second-order valence-electron chi connectivity index (χ2n) is 4.35. The number of anilines is 1. The predicted molar refractivity (Wildman–Crippen MR) is 65.2 cm³/mol. The fraction of sp³-hybridized carbons (Fsp3) is 0.538. The van der Waals surface area contributed by atoms with E-state index in [4.69, 9.17) is 5.11 Å². The molecule has 0 aliphatic heterocycles. The first kappa shape index (κ1) is 12.1. The number of aliphatic hydroxyl groups is 1. The third-order valence-corrected chi connectivity index (χ3v) is 2.75. The lowest BCUT2D eigenvalue weighted by atomic mass is 10.1. The van der Waals surface area contributed by atoms with Crippen molar-refractivity contribution >= 4 is 5.69 Å². The molecule has 0 bridgehead atoms. The Morgan fingerprint density at radius 3 is 2.20 bits per heavy atom. The molecule has 0 spiro atoms. The number of nitrogens with one attached hydrogen (secondary N) is 1. The van der Waals surface area contributed by atoms with Crippen LogP contribution in [0.15, 0.2) is 24.3 Å². The van der Waals surface area contributed by atoms with E-state index in [2.05, 4.69) is 50.4 Å². The first-order chi connectivity index (χ1) is 7.13. The predicted octanol–water partition coefficient (Wildman–Crippen LogP) is 2.68. The zero-order valence-corrected chi connectivity index (χ0v) is 9.83. The summed E-state index contributed by atoms with van der Waals surface area (Å²) in [6, 6.07) is 8.75. The van der Waals surface area contributed by atoms with Gasteiger partial charge in [-0.15, -0.1) is 0 Å². The molecule has 0 heterocycles. The van der Waals surface area contributed by atoms with E-state index >= 15 is 0 Å². The number of hydrogen-bond donors (Lipinski definition) is 2. The van der Waals surface area contributed by atoms with Crippen LogP contribution in [0.2, 0.25) is 0 Å². The average Bonchev–Trinajstić information content (AvgIpc) is 2.21.